The summed E-state index contributed by atoms with van der Waals surface area (Å²) in [6.07, 6.45) is 3.22. The van der Waals surface area contributed by atoms with Crippen LogP contribution in [0.25, 0.3) is 10.9 Å². The number of hydrogen-bond acceptors (Lipinski definition) is 3. The molecule has 0 saturated carbocycles. The van der Waals surface area contributed by atoms with E-state index in [0.717, 1.165) is 16.5 Å². The van der Waals surface area contributed by atoms with Crippen LogP contribution in [0.1, 0.15) is 22.3 Å². The van der Waals surface area contributed by atoms with Crippen molar-refractivity contribution in [2.24, 2.45) is 0 Å². The number of methoxy groups -OCH3 is 1. The number of halogens is 1. The molecule has 0 aliphatic heterocycles. The van der Waals surface area contributed by atoms with Gasteiger partial charge < -0.3 is 14.5 Å². The normalized spacial score (nSPS) is 10.8. The van der Waals surface area contributed by atoms with Gasteiger partial charge in [0.25, 0.3) is 0 Å². The topological polar surface area (TPSA) is 51.3 Å². The zero-order valence-corrected chi connectivity index (χ0v) is 13.3. The molecule has 0 aliphatic carbocycles. The van der Waals surface area contributed by atoms with E-state index in [2.05, 4.69) is 4.98 Å². The number of nitrogens with one attached hydrogen (secondary N) is 1. The zero-order chi connectivity index (χ0) is 16.9. The van der Waals surface area contributed by atoms with Crippen LogP contribution in [-0.2, 0) is 11.2 Å². The number of carbonyl (C=O) groups excluding carboxylic acids is 1. The number of benzene rings is 2. The molecule has 1 aromatic heterocycles. The molecule has 0 unspecified atom stereocenters. The van der Waals surface area contributed by atoms with Gasteiger partial charge in [0, 0.05) is 17.1 Å². The first-order valence-electron chi connectivity index (χ1n) is 7.74. The summed E-state index contributed by atoms with van der Waals surface area (Å²) >= 11 is 0. The van der Waals surface area contributed by atoms with Crippen molar-refractivity contribution in [2.45, 2.75) is 12.8 Å². The Morgan fingerprint density at radius 1 is 1.21 bits per heavy atom. The summed E-state index contributed by atoms with van der Waals surface area (Å²) in [5.74, 6) is -0.169. The second-order valence-electron chi connectivity index (χ2n) is 5.44. The Balaban J connectivity index is 1.56. The van der Waals surface area contributed by atoms with E-state index in [0.29, 0.717) is 30.8 Å². The molecule has 2 aromatic carbocycles. The molecule has 0 bridgehead atoms. The Labute approximate surface area is 139 Å². The SMILES string of the molecule is COc1ccccc1C(=O)OCCCc1c[nH]c2ccc(F)cc12. The van der Waals surface area contributed by atoms with Gasteiger partial charge in [-0.1, -0.05) is 12.1 Å². The number of aromatic amines is 1. The van der Waals surface area contributed by atoms with E-state index in [9.17, 15) is 9.18 Å². The maximum atomic E-state index is 13.4. The molecule has 1 heterocycles. The van der Waals surface area contributed by atoms with Crippen molar-refractivity contribution in [1.82, 2.24) is 4.98 Å². The van der Waals surface area contributed by atoms with E-state index in [1.54, 1.807) is 30.3 Å². The smallest absolute Gasteiger partial charge is 0.341 e. The van der Waals surface area contributed by atoms with Gasteiger partial charge in [0.15, 0.2) is 0 Å². The highest BCUT2D eigenvalue weighted by Gasteiger charge is 2.12. The number of carbonyl (C=O) groups is 1. The fourth-order valence-electron chi connectivity index (χ4n) is 2.68. The van der Waals surface area contributed by atoms with Gasteiger partial charge in [-0.25, -0.2) is 9.18 Å². The Morgan fingerprint density at radius 2 is 2.04 bits per heavy atom. The molecular formula is C19H18FNO3. The minimum atomic E-state index is -0.405. The van der Waals surface area contributed by atoms with Gasteiger partial charge in [-0.05, 0) is 48.7 Å². The van der Waals surface area contributed by atoms with Crippen molar-refractivity contribution in [1.29, 1.82) is 0 Å². The lowest BCUT2D eigenvalue weighted by molar-refractivity contribution is 0.0497. The fourth-order valence-corrected chi connectivity index (χ4v) is 2.68. The molecule has 5 heteroatoms. The van der Waals surface area contributed by atoms with Gasteiger partial charge >= 0.3 is 5.97 Å². The van der Waals surface area contributed by atoms with Gasteiger partial charge in [-0.15, -0.1) is 0 Å². The minimum absolute atomic E-state index is 0.258. The molecular weight excluding hydrogens is 309 g/mol. The van der Waals surface area contributed by atoms with Gasteiger partial charge in [0.05, 0.1) is 13.7 Å². The number of H-pyrrole nitrogens is 1. The predicted octanol–water partition coefficient (Wildman–Crippen LogP) is 4.11. The maximum Gasteiger partial charge on any atom is 0.341 e. The van der Waals surface area contributed by atoms with Gasteiger partial charge in [0.2, 0.25) is 0 Å². The Morgan fingerprint density at radius 3 is 2.88 bits per heavy atom. The highest BCUT2D eigenvalue weighted by atomic mass is 19.1. The summed E-state index contributed by atoms with van der Waals surface area (Å²) in [5.41, 5.74) is 2.32. The Hall–Kier alpha value is -2.82. The van der Waals surface area contributed by atoms with Crippen LogP contribution in [-0.4, -0.2) is 24.7 Å². The number of esters is 1. The van der Waals surface area contributed by atoms with E-state index in [-0.39, 0.29) is 5.82 Å². The Kier molecular flexibility index (Phi) is 4.79. The first-order valence-corrected chi connectivity index (χ1v) is 7.74. The molecule has 0 spiro atoms. The summed E-state index contributed by atoms with van der Waals surface area (Å²) in [5, 5.41) is 0.867. The number of fused-ring (bicyclic) bond motifs is 1. The van der Waals surface area contributed by atoms with E-state index < -0.39 is 5.97 Å². The average molecular weight is 327 g/mol. The van der Waals surface area contributed by atoms with Crippen molar-refractivity contribution < 1.29 is 18.7 Å². The first-order chi connectivity index (χ1) is 11.7. The van der Waals surface area contributed by atoms with Crippen LogP contribution in [0.4, 0.5) is 4.39 Å². The van der Waals surface area contributed by atoms with Crippen molar-refractivity contribution in [2.75, 3.05) is 13.7 Å². The molecule has 24 heavy (non-hydrogen) atoms. The lowest BCUT2D eigenvalue weighted by Crippen LogP contribution is -2.08. The highest BCUT2D eigenvalue weighted by molar-refractivity contribution is 5.92. The van der Waals surface area contributed by atoms with Crippen molar-refractivity contribution in [3.63, 3.8) is 0 Å². The number of aromatic nitrogens is 1. The van der Waals surface area contributed by atoms with Crippen LogP contribution in [0.3, 0.4) is 0 Å². The summed E-state index contributed by atoms with van der Waals surface area (Å²) in [7, 11) is 1.52. The van der Waals surface area contributed by atoms with Crippen molar-refractivity contribution >= 4 is 16.9 Å². The minimum Gasteiger partial charge on any atom is -0.496 e. The summed E-state index contributed by atoms with van der Waals surface area (Å²) in [4.78, 5) is 15.2. The van der Waals surface area contributed by atoms with E-state index >= 15 is 0 Å². The maximum absolute atomic E-state index is 13.4. The summed E-state index contributed by atoms with van der Waals surface area (Å²) in [6.45, 7) is 0.291. The molecule has 0 atom stereocenters. The van der Waals surface area contributed by atoms with Crippen LogP contribution in [0.2, 0.25) is 0 Å². The molecule has 4 nitrogen and oxygen atoms in total. The summed E-state index contributed by atoms with van der Waals surface area (Å²) < 4.78 is 23.8. The molecule has 3 rings (SSSR count). The van der Waals surface area contributed by atoms with E-state index in [4.69, 9.17) is 9.47 Å². The molecule has 0 radical (unpaired) electrons. The predicted molar refractivity (Wildman–Crippen MR) is 89.9 cm³/mol. The van der Waals surface area contributed by atoms with Crippen molar-refractivity contribution in [3.8, 4) is 5.75 Å². The third-order valence-corrected chi connectivity index (χ3v) is 3.88. The van der Waals surface area contributed by atoms with Crippen molar-refractivity contribution in [3.05, 3.63) is 65.6 Å². The molecule has 0 aliphatic rings. The van der Waals surface area contributed by atoms with Gasteiger partial charge in [-0.2, -0.15) is 0 Å². The van der Waals surface area contributed by atoms with E-state index in [1.807, 2.05) is 6.20 Å². The number of para-hydroxylation sites is 1. The highest BCUT2D eigenvalue weighted by Crippen LogP contribution is 2.21. The average Bonchev–Trinajstić information content (AvgIpc) is 3.00. The third-order valence-electron chi connectivity index (χ3n) is 3.88. The second-order valence-corrected chi connectivity index (χ2v) is 5.44. The van der Waals surface area contributed by atoms with Gasteiger partial charge in [0.1, 0.15) is 17.1 Å². The monoisotopic (exact) mass is 327 g/mol. The first kappa shape index (κ1) is 16.1. The van der Waals surface area contributed by atoms with Crippen LogP contribution >= 0.6 is 0 Å². The zero-order valence-electron chi connectivity index (χ0n) is 13.3. The molecule has 0 fully saturated rings. The largest absolute Gasteiger partial charge is 0.496 e. The quantitative estimate of drug-likeness (QED) is 0.548. The number of rotatable bonds is 6. The molecule has 1 N–H and O–H groups in total. The number of ether oxygens (including phenoxy) is 2. The fraction of sp³-hybridized carbons (Fsp3) is 0.211. The lowest BCUT2D eigenvalue weighted by Gasteiger charge is -2.08. The number of hydrogen-bond donors (Lipinski definition) is 1. The standard InChI is InChI=1S/C19H18FNO3/c1-23-18-7-3-2-6-15(18)19(22)24-10-4-5-13-12-21-17-9-8-14(20)11-16(13)17/h2-3,6-9,11-12,21H,4-5,10H2,1H3. The molecule has 3 aromatic rings. The third kappa shape index (κ3) is 3.40. The Bertz CT molecular complexity index is 857. The second kappa shape index (κ2) is 7.17. The van der Waals surface area contributed by atoms with Crippen LogP contribution < -0.4 is 4.74 Å². The molecule has 0 amide bonds. The van der Waals surface area contributed by atoms with Crippen LogP contribution in [0.15, 0.2) is 48.7 Å². The number of aryl methyl sites for hydroxylation is 1. The lowest BCUT2D eigenvalue weighted by atomic mass is 10.1. The molecule has 124 valence electrons. The van der Waals surface area contributed by atoms with Crippen LogP contribution in [0, 0.1) is 5.82 Å². The van der Waals surface area contributed by atoms with Gasteiger partial charge in [-0.3, -0.25) is 0 Å². The molecule has 0 saturated heterocycles. The summed E-state index contributed by atoms with van der Waals surface area (Å²) in [6, 6.07) is 11.6. The van der Waals surface area contributed by atoms with Crippen LogP contribution in [0.5, 0.6) is 5.75 Å². The van der Waals surface area contributed by atoms with E-state index in [1.165, 1.54) is 19.2 Å².